The molecule has 26 heavy (non-hydrogen) atoms. The molecule has 0 unspecified atom stereocenters. The summed E-state index contributed by atoms with van der Waals surface area (Å²) in [6.45, 7) is 1.45. The number of sulfonamides is 1. The largest absolute Gasteiger partial charge is 0.468 e. The molecule has 2 aromatic rings. The highest BCUT2D eigenvalue weighted by Gasteiger charge is 2.40. The molecule has 6 nitrogen and oxygen atoms in total. The first-order valence-electron chi connectivity index (χ1n) is 8.12. The molecule has 1 heterocycles. The SMILES string of the molecule is COC(=O)[C@H]1Cc2ccccc2CN1S(=O)(=O)c1cccc(C(C)=O)c1. The van der Waals surface area contributed by atoms with E-state index in [2.05, 4.69) is 0 Å². The first-order valence-corrected chi connectivity index (χ1v) is 9.56. The molecular formula is C19H19NO5S. The van der Waals surface area contributed by atoms with Gasteiger partial charge in [0.1, 0.15) is 6.04 Å². The number of hydrogen-bond acceptors (Lipinski definition) is 5. The minimum atomic E-state index is -3.98. The molecule has 3 rings (SSSR count). The average Bonchev–Trinajstić information content (AvgIpc) is 2.66. The highest BCUT2D eigenvalue weighted by Crippen LogP contribution is 2.30. The summed E-state index contributed by atoms with van der Waals surface area (Å²) in [6, 6.07) is 12.3. The van der Waals surface area contributed by atoms with Gasteiger partial charge in [-0.1, -0.05) is 36.4 Å². The standard InChI is InChI=1S/C19H19NO5S/c1-13(21)14-8-5-9-17(10-14)26(23,24)20-12-16-7-4-3-6-15(16)11-18(20)19(22)25-2/h3-10,18H,11-12H2,1-2H3/t18-/m1/s1. The van der Waals surface area contributed by atoms with Gasteiger partial charge in [-0.25, -0.2) is 8.42 Å². The van der Waals surface area contributed by atoms with Gasteiger partial charge in [0.05, 0.1) is 12.0 Å². The fourth-order valence-electron chi connectivity index (χ4n) is 3.10. The number of ketones is 1. The lowest BCUT2D eigenvalue weighted by Crippen LogP contribution is -2.49. The number of hydrogen-bond donors (Lipinski definition) is 0. The number of esters is 1. The second kappa shape index (κ2) is 7.01. The number of carbonyl (C=O) groups is 2. The van der Waals surface area contributed by atoms with E-state index in [1.165, 1.54) is 32.2 Å². The first-order chi connectivity index (χ1) is 12.3. The van der Waals surface area contributed by atoms with E-state index in [4.69, 9.17) is 4.74 Å². The van der Waals surface area contributed by atoms with E-state index in [-0.39, 0.29) is 23.6 Å². The Balaban J connectivity index is 2.08. The third-order valence-electron chi connectivity index (χ3n) is 4.53. The van der Waals surface area contributed by atoms with E-state index in [9.17, 15) is 18.0 Å². The lowest BCUT2D eigenvalue weighted by molar-refractivity contribution is -0.145. The van der Waals surface area contributed by atoms with Gasteiger partial charge in [0.2, 0.25) is 10.0 Å². The van der Waals surface area contributed by atoms with Gasteiger partial charge in [-0.05, 0) is 30.2 Å². The van der Waals surface area contributed by atoms with Gasteiger partial charge >= 0.3 is 5.97 Å². The molecule has 7 heteroatoms. The zero-order chi connectivity index (χ0) is 18.9. The number of Topliss-reactive ketones (excluding diaryl/α,β-unsaturated/α-hetero) is 1. The molecular weight excluding hydrogens is 354 g/mol. The molecule has 0 spiro atoms. The predicted octanol–water partition coefficient (Wildman–Crippen LogP) is 2.18. The number of ether oxygens (including phenoxy) is 1. The van der Waals surface area contributed by atoms with Crippen molar-refractivity contribution < 1.29 is 22.7 Å². The molecule has 0 fully saturated rings. The average molecular weight is 373 g/mol. The molecule has 1 aliphatic rings. The minimum absolute atomic E-state index is 0.0153. The summed E-state index contributed by atoms with van der Waals surface area (Å²) in [4.78, 5) is 23.8. The van der Waals surface area contributed by atoms with Crippen LogP contribution in [-0.4, -0.2) is 37.6 Å². The molecule has 136 valence electrons. The van der Waals surface area contributed by atoms with Crippen molar-refractivity contribution in [1.29, 1.82) is 0 Å². The number of methoxy groups -OCH3 is 1. The van der Waals surface area contributed by atoms with Crippen LogP contribution < -0.4 is 0 Å². The van der Waals surface area contributed by atoms with E-state index in [1.807, 2.05) is 24.3 Å². The molecule has 0 aromatic heterocycles. The Kier molecular flexibility index (Phi) is 4.93. The molecule has 0 aliphatic carbocycles. The highest BCUT2D eigenvalue weighted by molar-refractivity contribution is 7.89. The molecule has 0 radical (unpaired) electrons. The van der Waals surface area contributed by atoms with Crippen LogP contribution in [0, 0.1) is 0 Å². The van der Waals surface area contributed by atoms with Crippen LogP contribution in [0.1, 0.15) is 28.4 Å². The number of benzene rings is 2. The fraction of sp³-hybridized carbons (Fsp3) is 0.263. The minimum Gasteiger partial charge on any atom is -0.468 e. The quantitative estimate of drug-likeness (QED) is 0.606. The van der Waals surface area contributed by atoms with Crippen LogP contribution >= 0.6 is 0 Å². The van der Waals surface area contributed by atoms with Crippen LogP contribution in [0.4, 0.5) is 0 Å². The fourth-order valence-corrected chi connectivity index (χ4v) is 4.70. The van der Waals surface area contributed by atoms with Gasteiger partial charge in [-0.15, -0.1) is 0 Å². The maximum Gasteiger partial charge on any atom is 0.324 e. The topological polar surface area (TPSA) is 80.8 Å². The molecule has 0 N–H and O–H groups in total. The van der Waals surface area contributed by atoms with Gasteiger partial charge in [-0.3, -0.25) is 9.59 Å². The smallest absolute Gasteiger partial charge is 0.324 e. The Morgan fingerprint density at radius 1 is 1.08 bits per heavy atom. The van der Waals surface area contributed by atoms with Crippen molar-refractivity contribution >= 4 is 21.8 Å². The summed E-state index contributed by atoms with van der Waals surface area (Å²) < 4.78 is 32.4. The Labute approximate surface area is 152 Å². The molecule has 2 aromatic carbocycles. The van der Waals surface area contributed by atoms with Crippen LogP contribution in [0.3, 0.4) is 0 Å². The van der Waals surface area contributed by atoms with Crippen molar-refractivity contribution in [3.8, 4) is 0 Å². The number of fused-ring (bicyclic) bond motifs is 1. The predicted molar refractivity (Wildman–Crippen MR) is 95.1 cm³/mol. The van der Waals surface area contributed by atoms with Crippen LogP contribution in [0.15, 0.2) is 53.4 Å². The number of rotatable bonds is 4. The summed E-state index contributed by atoms with van der Waals surface area (Å²) in [5, 5.41) is 0. The molecule has 0 saturated heterocycles. The second-order valence-electron chi connectivity index (χ2n) is 6.15. The molecule has 0 saturated carbocycles. The van der Waals surface area contributed by atoms with Crippen LogP contribution in [0.2, 0.25) is 0 Å². The van der Waals surface area contributed by atoms with E-state index in [0.29, 0.717) is 5.56 Å². The van der Waals surface area contributed by atoms with Crippen molar-refractivity contribution in [3.05, 3.63) is 65.2 Å². The third-order valence-corrected chi connectivity index (χ3v) is 6.38. The Hall–Kier alpha value is -2.51. The van der Waals surface area contributed by atoms with Crippen LogP contribution in [0.25, 0.3) is 0 Å². The zero-order valence-corrected chi connectivity index (χ0v) is 15.3. The van der Waals surface area contributed by atoms with Crippen molar-refractivity contribution in [1.82, 2.24) is 4.31 Å². The molecule has 0 bridgehead atoms. The highest BCUT2D eigenvalue weighted by atomic mass is 32.2. The van der Waals surface area contributed by atoms with Gasteiger partial charge in [0.15, 0.2) is 5.78 Å². The van der Waals surface area contributed by atoms with E-state index < -0.39 is 22.0 Å². The summed E-state index contributed by atoms with van der Waals surface area (Å²) >= 11 is 0. The summed E-state index contributed by atoms with van der Waals surface area (Å²) in [5.74, 6) is -0.832. The Bertz CT molecular complexity index is 967. The van der Waals surface area contributed by atoms with E-state index in [0.717, 1.165) is 15.4 Å². The van der Waals surface area contributed by atoms with Crippen LogP contribution in [-0.2, 0) is 32.5 Å². The lowest BCUT2D eigenvalue weighted by Gasteiger charge is -2.34. The summed E-state index contributed by atoms with van der Waals surface area (Å²) in [6.07, 6.45) is 0.245. The van der Waals surface area contributed by atoms with E-state index in [1.54, 1.807) is 6.07 Å². The number of nitrogens with zero attached hydrogens (tertiary/aromatic N) is 1. The Morgan fingerprint density at radius 2 is 1.77 bits per heavy atom. The third kappa shape index (κ3) is 3.27. The lowest BCUT2D eigenvalue weighted by atomic mass is 9.96. The number of carbonyl (C=O) groups excluding carboxylic acids is 2. The first kappa shape index (κ1) is 18.3. The van der Waals surface area contributed by atoms with Gasteiger partial charge in [0.25, 0.3) is 0 Å². The van der Waals surface area contributed by atoms with Gasteiger partial charge < -0.3 is 4.74 Å². The molecule has 1 aliphatic heterocycles. The zero-order valence-electron chi connectivity index (χ0n) is 14.5. The summed E-state index contributed by atoms with van der Waals surface area (Å²) in [5.41, 5.74) is 2.07. The monoisotopic (exact) mass is 373 g/mol. The summed E-state index contributed by atoms with van der Waals surface area (Å²) in [7, 11) is -2.74. The van der Waals surface area contributed by atoms with Crippen LogP contribution in [0.5, 0.6) is 0 Å². The molecule has 0 amide bonds. The maximum absolute atomic E-state index is 13.2. The van der Waals surface area contributed by atoms with Crippen molar-refractivity contribution in [2.75, 3.05) is 7.11 Å². The van der Waals surface area contributed by atoms with Crippen molar-refractivity contribution in [2.45, 2.75) is 30.8 Å². The van der Waals surface area contributed by atoms with Crippen molar-refractivity contribution in [2.24, 2.45) is 0 Å². The normalized spacial score (nSPS) is 17.4. The Morgan fingerprint density at radius 3 is 2.42 bits per heavy atom. The van der Waals surface area contributed by atoms with E-state index >= 15 is 0 Å². The van der Waals surface area contributed by atoms with Gasteiger partial charge in [0, 0.05) is 18.5 Å². The molecule has 1 atom stereocenters. The maximum atomic E-state index is 13.2. The second-order valence-corrected chi connectivity index (χ2v) is 8.04. The van der Waals surface area contributed by atoms with Crippen molar-refractivity contribution in [3.63, 3.8) is 0 Å². The van der Waals surface area contributed by atoms with Gasteiger partial charge in [-0.2, -0.15) is 4.31 Å².